The summed E-state index contributed by atoms with van der Waals surface area (Å²) in [6, 6.07) is 7.07. The number of ether oxygens (including phenoxy) is 1. The fourth-order valence-electron chi connectivity index (χ4n) is 1.13. The molecule has 1 aromatic rings. The standard InChI is InChI=1S/C11H13NO3/c1-15-11(14)5-6-12-10-4-2-3-9(7-10)8-13/h2-4,7-8,12H,5-6H2,1H3. The van der Waals surface area contributed by atoms with Crippen molar-refractivity contribution in [1.82, 2.24) is 0 Å². The van der Waals surface area contributed by atoms with E-state index in [1.54, 1.807) is 18.2 Å². The molecule has 0 amide bonds. The van der Waals surface area contributed by atoms with Crippen LogP contribution in [0.2, 0.25) is 0 Å². The minimum absolute atomic E-state index is 0.256. The summed E-state index contributed by atoms with van der Waals surface area (Å²) in [6.45, 7) is 0.495. The third-order valence-electron chi connectivity index (χ3n) is 1.91. The van der Waals surface area contributed by atoms with Crippen molar-refractivity contribution < 1.29 is 14.3 Å². The molecule has 4 heteroatoms. The molecule has 0 fully saturated rings. The van der Waals surface area contributed by atoms with Crippen molar-refractivity contribution in [3.05, 3.63) is 29.8 Å². The van der Waals surface area contributed by atoms with E-state index in [1.807, 2.05) is 6.07 Å². The highest BCUT2D eigenvalue weighted by Gasteiger charge is 1.99. The van der Waals surface area contributed by atoms with Gasteiger partial charge in [0.15, 0.2) is 0 Å². The van der Waals surface area contributed by atoms with E-state index in [4.69, 9.17) is 0 Å². The first-order valence-electron chi connectivity index (χ1n) is 4.62. The van der Waals surface area contributed by atoms with Gasteiger partial charge < -0.3 is 10.1 Å². The summed E-state index contributed by atoms with van der Waals surface area (Å²) >= 11 is 0. The lowest BCUT2D eigenvalue weighted by Crippen LogP contribution is -2.09. The molecule has 0 heterocycles. The van der Waals surface area contributed by atoms with Gasteiger partial charge in [0.1, 0.15) is 6.29 Å². The number of methoxy groups -OCH3 is 1. The Bertz CT molecular complexity index is 349. The van der Waals surface area contributed by atoms with Crippen LogP contribution in [0.1, 0.15) is 16.8 Å². The van der Waals surface area contributed by atoms with Gasteiger partial charge in [-0.25, -0.2) is 0 Å². The van der Waals surface area contributed by atoms with E-state index in [1.165, 1.54) is 7.11 Å². The summed E-state index contributed by atoms with van der Waals surface area (Å²) in [4.78, 5) is 21.3. The van der Waals surface area contributed by atoms with E-state index < -0.39 is 0 Å². The third kappa shape index (κ3) is 3.81. The van der Waals surface area contributed by atoms with E-state index in [2.05, 4.69) is 10.1 Å². The van der Waals surface area contributed by atoms with Crippen LogP contribution in [0.15, 0.2) is 24.3 Å². The first-order valence-corrected chi connectivity index (χ1v) is 4.62. The van der Waals surface area contributed by atoms with E-state index in [0.29, 0.717) is 18.5 Å². The van der Waals surface area contributed by atoms with Gasteiger partial charge in [0.2, 0.25) is 0 Å². The van der Waals surface area contributed by atoms with E-state index in [9.17, 15) is 9.59 Å². The molecule has 4 nitrogen and oxygen atoms in total. The molecule has 0 aliphatic heterocycles. The zero-order chi connectivity index (χ0) is 11.1. The quantitative estimate of drug-likeness (QED) is 0.587. The molecule has 0 aliphatic rings. The van der Waals surface area contributed by atoms with Crippen molar-refractivity contribution in [3.8, 4) is 0 Å². The molecular weight excluding hydrogens is 194 g/mol. The van der Waals surface area contributed by atoms with Crippen molar-refractivity contribution in [2.24, 2.45) is 0 Å². The van der Waals surface area contributed by atoms with Gasteiger partial charge in [-0.05, 0) is 12.1 Å². The highest BCUT2D eigenvalue weighted by atomic mass is 16.5. The normalized spacial score (nSPS) is 9.40. The van der Waals surface area contributed by atoms with Gasteiger partial charge in [-0.3, -0.25) is 9.59 Å². The molecule has 0 saturated carbocycles. The van der Waals surface area contributed by atoms with Crippen molar-refractivity contribution >= 4 is 17.9 Å². The van der Waals surface area contributed by atoms with E-state index in [0.717, 1.165) is 12.0 Å². The smallest absolute Gasteiger partial charge is 0.307 e. The molecule has 0 aromatic heterocycles. The van der Waals surface area contributed by atoms with Crippen molar-refractivity contribution in [2.45, 2.75) is 6.42 Å². The lowest BCUT2D eigenvalue weighted by molar-refractivity contribution is -0.140. The fraction of sp³-hybridized carbons (Fsp3) is 0.273. The van der Waals surface area contributed by atoms with Crippen LogP contribution in [0, 0.1) is 0 Å². The minimum Gasteiger partial charge on any atom is -0.469 e. The highest BCUT2D eigenvalue weighted by Crippen LogP contribution is 2.08. The Morgan fingerprint density at radius 2 is 2.33 bits per heavy atom. The van der Waals surface area contributed by atoms with Gasteiger partial charge in [-0.15, -0.1) is 0 Å². The topological polar surface area (TPSA) is 55.4 Å². The number of esters is 1. The maximum absolute atomic E-state index is 10.8. The maximum Gasteiger partial charge on any atom is 0.307 e. The second-order valence-corrected chi connectivity index (χ2v) is 3.00. The van der Waals surface area contributed by atoms with Crippen molar-refractivity contribution in [1.29, 1.82) is 0 Å². The average molecular weight is 207 g/mol. The molecule has 1 N–H and O–H groups in total. The molecule has 1 aromatic carbocycles. The number of benzene rings is 1. The molecule has 0 saturated heterocycles. The van der Waals surface area contributed by atoms with Gasteiger partial charge in [0.25, 0.3) is 0 Å². The lowest BCUT2D eigenvalue weighted by atomic mass is 10.2. The molecule has 15 heavy (non-hydrogen) atoms. The number of carbonyl (C=O) groups is 2. The molecule has 0 unspecified atom stereocenters. The number of hydrogen-bond acceptors (Lipinski definition) is 4. The van der Waals surface area contributed by atoms with Crippen LogP contribution in [0.3, 0.4) is 0 Å². The van der Waals surface area contributed by atoms with Gasteiger partial charge in [-0.1, -0.05) is 12.1 Å². The van der Waals surface area contributed by atoms with Crippen LogP contribution >= 0.6 is 0 Å². The molecular formula is C11H13NO3. The third-order valence-corrected chi connectivity index (χ3v) is 1.91. The van der Waals surface area contributed by atoms with Crippen LogP contribution in [0.4, 0.5) is 5.69 Å². The average Bonchev–Trinajstić information content (AvgIpc) is 2.29. The zero-order valence-electron chi connectivity index (χ0n) is 8.53. The molecule has 0 atom stereocenters. The number of carbonyl (C=O) groups excluding carboxylic acids is 2. The Kier molecular flexibility index (Phi) is 4.34. The van der Waals surface area contributed by atoms with Gasteiger partial charge in [0, 0.05) is 17.8 Å². The zero-order valence-corrected chi connectivity index (χ0v) is 8.53. The van der Waals surface area contributed by atoms with E-state index >= 15 is 0 Å². The van der Waals surface area contributed by atoms with Gasteiger partial charge in [-0.2, -0.15) is 0 Å². The van der Waals surface area contributed by atoms with Crippen LogP contribution in [-0.2, 0) is 9.53 Å². The number of aldehydes is 1. The van der Waals surface area contributed by atoms with Crippen LogP contribution in [0.25, 0.3) is 0 Å². The molecule has 80 valence electrons. The summed E-state index contributed by atoms with van der Waals surface area (Å²) in [5.41, 5.74) is 1.43. The van der Waals surface area contributed by atoms with E-state index in [-0.39, 0.29) is 5.97 Å². The summed E-state index contributed by atoms with van der Waals surface area (Å²) in [5, 5.41) is 3.02. The number of nitrogens with one attached hydrogen (secondary N) is 1. The van der Waals surface area contributed by atoms with Crippen LogP contribution in [-0.4, -0.2) is 25.9 Å². The first kappa shape index (κ1) is 11.2. The highest BCUT2D eigenvalue weighted by molar-refractivity contribution is 5.77. The number of anilines is 1. The van der Waals surface area contributed by atoms with Gasteiger partial charge >= 0.3 is 5.97 Å². The molecule has 0 aliphatic carbocycles. The number of hydrogen-bond donors (Lipinski definition) is 1. The predicted molar refractivity (Wildman–Crippen MR) is 57.0 cm³/mol. The Morgan fingerprint density at radius 3 is 3.00 bits per heavy atom. The summed E-state index contributed by atoms with van der Waals surface area (Å²) in [7, 11) is 1.36. The second kappa shape index (κ2) is 5.80. The Balaban J connectivity index is 2.43. The van der Waals surface area contributed by atoms with Crippen LogP contribution < -0.4 is 5.32 Å². The summed E-state index contributed by atoms with van der Waals surface area (Å²) in [5.74, 6) is -0.256. The first-order chi connectivity index (χ1) is 7.26. The molecule has 0 spiro atoms. The Morgan fingerprint density at radius 1 is 1.53 bits per heavy atom. The Labute approximate surface area is 88.2 Å². The lowest BCUT2D eigenvalue weighted by Gasteiger charge is -2.05. The summed E-state index contributed by atoms with van der Waals surface area (Å²) in [6.07, 6.45) is 1.09. The monoisotopic (exact) mass is 207 g/mol. The SMILES string of the molecule is COC(=O)CCNc1cccc(C=O)c1. The molecule has 0 radical (unpaired) electrons. The van der Waals surface area contributed by atoms with Crippen molar-refractivity contribution in [3.63, 3.8) is 0 Å². The largest absolute Gasteiger partial charge is 0.469 e. The maximum atomic E-state index is 10.8. The molecule has 0 bridgehead atoms. The summed E-state index contributed by atoms with van der Waals surface area (Å²) < 4.78 is 4.50. The predicted octanol–water partition coefficient (Wildman–Crippen LogP) is 1.47. The minimum atomic E-state index is -0.256. The molecule has 1 rings (SSSR count). The van der Waals surface area contributed by atoms with Crippen molar-refractivity contribution in [2.75, 3.05) is 19.0 Å². The number of rotatable bonds is 5. The van der Waals surface area contributed by atoms with Crippen LogP contribution in [0.5, 0.6) is 0 Å². The fourth-order valence-corrected chi connectivity index (χ4v) is 1.13. The Hall–Kier alpha value is -1.84. The van der Waals surface area contributed by atoms with Gasteiger partial charge in [0.05, 0.1) is 13.5 Å². The second-order valence-electron chi connectivity index (χ2n) is 3.00.